The van der Waals surface area contributed by atoms with Gasteiger partial charge in [-0.1, -0.05) is 30.3 Å². The molecule has 5 nitrogen and oxygen atoms in total. The zero-order chi connectivity index (χ0) is 10.2. The second-order valence-electron chi connectivity index (χ2n) is 2.75. The Morgan fingerprint density at radius 3 is 2.79 bits per heavy atom. The van der Waals surface area contributed by atoms with E-state index in [9.17, 15) is 4.79 Å². The van der Waals surface area contributed by atoms with Crippen LogP contribution in [0.4, 0.5) is 0 Å². The number of rotatable bonds is 5. The molecular formula is C9H10N4O. The molecule has 0 aliphatic rings. The van der Waals surface area contributed by atoms with Crippen LogP contribution in [0, 0.1) is 0 Å². The first kappa shape index (κ1) is 10.1. The van der Waals surface area contributed by atoms with Gasteiger partial charge >= 0.3 is 0 Å². The molecule has 0 aliphatic carbocycles. The van der Waals surface area contributed by atoms with Gasteiger partial charge in [0.2, 0.25) is 0 Å². The Balaban J connectivity index is 2.56. The number of carbonyl (C=O) groups excluding carboxylic acids is 1. The van der Waals surface area contributed by atoms with Gasteiger partial charge in [0.05, 0.1) is 0 Å². The summed E-state index contributed by atoms with van der Waals surface area (Å²) in [5, 5.41) is 3.14. The Bertz CT molecular complexity index is 332. The zero-order valence-electron chi connectivity index (χ0n) is 7.50. The van der Waals surface area contributed by atoms with Crippen molar-refractivity contribution >= 4 is 6.29 Å². The van der Waals surface area contributed by atoms with Gasteiger partial charge < -0.3 is 0 Å². The number of nitrogens with zero attached hydrogens (tertiary/aromatic N) is 3. The van der Waals surface area contributed by atoms with Crippen LogP contribution in [0.2, 0.25) is 0 Å². The lowest BCUT2D eigenvalue weighted by Gasteiger charge is -2.05. The lowest BCUT2D eigenvalue weighted by atomic mass is 10.1. The van der Waals surface area contributed by atoms with Crippen LogP contribution < -0.4 is 5.43 Å². The van der Waals surface area contributed by atoms with Crippen molar-refractivity contribution in [1.29, 1.82) is 0 Å². The summed E-state index contributed by atoms with van der Waals surface area (Å²) in [4.78, 5) is 13.1. The SMILES string of the molecule is [N-]=[N+]=NN[C@@H](C=O)Cc1ccccc1. The maximum atomic E-state index is 10.6. The van der Waals surface area contributed by atoms with Crippen molar-refractivity contribution in [3.8, 4) is 0 Å². The van der Waals surface area contributed by atoms with Crippen molar-refractivity contribution in [3.05, 3.63) is 46.3 Å². The highest BCUT2D eigenvalue weighted by molar-refractivity contribution is 5.58. The van der Waals surface area contributed by atoms with E-state index in [1.807, 2.05) is 30.3 Å². The van der Waals surface area contributed by atoms with Gasteiger partial charge in [-0.05, 0) is 10.8 Å². The van der Waals surface area contributed by atoms with Crippen molar-refractivity contribution in [3.63, 3.8) is 0 Å². The van der Waals surface area contributed by atoms with E-state index in [1.54, 1.807) is 0 Å². The first-order valence-electron chi connectivity index (χ1n) is 4.15. The largest absolute Gasteiger partial charge is 0.299 e. The van der Waals surface area contributed by atoms with Crippen LogP contribution in [0.15, 0.2) is 35.6 Å². The average Bonchev–Trinajstić information content (AvgIpc) is 2.25. The fraction of sp³-hybridized carbons (Fsp3) is 0.222. The molecule has 0 amide bonds. The molecule has 1 N–H and O–H groups in total. The monoisotopic (exact) mass is 190 g/mol. The molecule has 14 heavy (non-hydrogen) atoms. The number of hydrogen-bond acceptors (Lipinski definition) is 2. The molecule has 0 bridgehead atoms. The number of carbonyl (C=O) groups is 1. The summed E-state index contributed by atoms with van der Waals surface area (Å²) in [5.74, 6) is 0. The van der Waals surface area contributed by atoms with Gasteiger partial charge in [-0.15, -0.1) is 5.53 Å². The van der Waals surface area contributed by atoms with E-state index in [2.05, 4.69) is 15.6 Å². The second kappa shape index (κ2) is 5.61. The van der Waals surface area contributed by atoms with Crippen molar-refractivity contribution in [2.75, 3.05) is 0 Å². The molecule has 0 aromatic heterocycles. The highest BCUT2D eigenvalue weighted by Crippen LogP contribution is 2.01. The first-order chi connectivity index (χ1) is 6.86. The molecule has 72 valence electrons. The fourth-order valence-corrected chi connectivity index (χ4v) is 1.09. The molecule has 0 unspecified atom stereocenters. The minimum atomic E-state index is -0.465. The van der Waals surface area contributed by atoms with Crippen molar-refractivity contribution < 1.29 is 4.79 Å². The molecule has 0 heterocycles. The fourth-order valence-electron chi connectivity index (χ4n) is 1.09. The number of hydrogen-bond donors (Lipinski definition) is 1. The molecule has 5 heteroatoms. The van der Waals surface area contributed by atoms with Crippen LogP contribution in [0.1, 0.15) is 5.56 Å². The molecule has 0 saturated carbocycles. The van der Waals surface area contributed by atoms with Gasteiger partial charge in [0, 0.05) is 6.42 Å². The van der Waals surface area contributed by atoms with Crippen LogP contribution in [-0.4, -0.2) is 12.3 Å². The third-order valence-electron chi connectivity index (χ3n) is 1.73. The van der Waals surface area contributed by atoms with Crippen molar-refractivity contribution in [1.82, 2.24) is 5.43 Å². The van der Waals surface area contributed by atoms with E-state index in [4.69, 9.17) is 5.53 Å². The molecule has 0 spiro atoms. The van der Waals surface area contributed by atoms with Gasteiger partial charge in [0.1, 0.15) is 0 Å². The summed E-state index contributed by atoms with van der Waals surface area (Å²) in [5.41, 5.74) is 11.5. The molecule has 1 rings (SSSR count). The Morgan fingerprint density at radius 1 is 1.50 bits per heavy atom. The average molecular weight is 190 g/mol. The molecule has 1 atom stereocenters. The summed E-state index contributed by atoms with van der Waals surface area (Å²) in [6.45, 7) is 0. The minimum absolute atomic E-state index is 0.465. The summed E-state index contributed by atoms with van der Waals surface area (Å²) in [6.07, 6.45) is 1.24. The Morgan fingerprint density at radius 2 is 2.21 bits per heavy atom. The number of azide groups is 1. The van der Waals surface area contributed by atoms with E-state index in [0.29, 0.717) is 6.42 Å². The predicted octanol–water partition coefficient (Wildman–Crippen LogP) is 1.61. The molecular weight excluding hydrogens is 180 g/mol. The number of nitrogens with one attached hydrogen (secondary N) is 1. The molecule has 1 aromatic carbocycles. The molecule has 0 radical (unpaired) electrons. The maximum absolute atomic E-state index is 10.6. The highest BCUT2D eigenvalue weighted by atomic mass is 16.1. The third kappa shape index (κ3) is 3.16. The summed E-state index contributed by atoms with van der Waals surface area (Å²) in [6, 6.07) is 9.05. The van der Waals surface area contributed by atoms with Crippen molar-refractivity contribution in [2.24, 2.45) is 5.22 Å². The number of benzene rings is 1. The first-order valence-corrected chi connectivity index (χ1v) is 4.15. The molecule has 0 saturated heterocycles. The van der Waals surface area contributed by atoms with E-state index in [1.165, 1.54) is 0 Å². The maximum Gasteiger partial charge on any atom is 0.164 e. The van der Waals surface area contributed by atoms with Gasteiger partial charge in [-0.2, -0.15) is 4.91 Å². The molecule has 0 aliphatic heterocycles. The van der Waals surface area contributed by atoms with Crippen LogP contribution in [-0.2, 0) is 11.2 Å². The zero-order valence-corrected chi connectivity index (χ0v) is 7.50. The van der Waals surface area contributed by atoms with Gasteiger partial charge in [-0.3, -0.25) is 10.2 Å². The lowest BCUT2D eigenvalue weighted by Crippen LogP contribution is -2.27. The predicted molar refractivity (Wildman–Crippen MR) is 52.3 cm³/mol. The summed E-state index contributed by atoms with van der Waals surface area (Å²) in [7, 11) is 0. The highest BCUT2D eigenvalue weighted by Gasteiger charge is 2.08. The quantitative estimate of drug-likeness (QED) is 0.252. The van der Waals surface area contributed by atoms with E-state index >= 15 is 0 Å². The van der Waals surface area contributed by atoms with E-state index < -0.39 is 6.04 Å². The standard InChI is InChI=1S/C9H10N4O/c10-12-13-11-9(7-14)6-8-4-2-1-3-5-8/h1-5,7,9,11H,6H2/t9-/m1/s1. The van der Waals surface area contributed by atoms with Crippen LogP contribution in [0.3, 0.4) is 0 Å². The lowest BCUT2D eigenvalue weighted by molar-refractivity contribution is -0.109. The van der Waals surface area contributed by atoms with Crippen LogP contribution >= 0.6 is 0 Å². The smallest absolute Gasteiger partial charge is 0.164 e. The second-order valence-corrected chi connectivity index (χ2v) is 2.75. The molecule has 1 aromatic rings. The van der Waals surface area contributed by atoms with E-state index in [0.717, 1.165) is 11.8 Å². The summed E-state index contributed by atoms with van der Waals surface area (Å²) >= 11 is 0. The van der Waals surface area contributed by atoms with Crippen LogP contribution in [0.25, 0.3) is 10.4 Å². The Kier molecular flexibility index (Phi) is 4.04. The van der Waals surface area contributed by atoms with Gasteiger partial charge in [0.25, 0.3) is 0 Å². The topological polar surface area (TPSA) is 77.9 Å². The van der Waals surface area contributed by atoms with E-state index in [-0.39, 0.29) is 0 Å². The molecule has 0 fully saturated rings. The third-order valence-corrected chi connectivity index (χ3v) is 1.73. The van der Waals surface area contributed by atoms with Gasteiger partial charge in [-0.25, -0.2) is 0 Å². The van der Waals surface area contributed by atoms with Gasteiger partial charge in [0.15, 0.2) is 12.3 Å². The Labute approximate surface area is 81.3 Å². The minimum Gasteiger partial charge on any atom is -0.299 e. The normalized spacial score (nSPS) is 11.1. The number of aldehydes is 1. The Hall–Kier alpha value is -2.00. The van der Waals surface area contributed by atoms with Crippen molar-refractivity contribution in [2.45, 2.75) is 12.5 Å². The summed E-state index contributed by atoms with van der Waals surface area (Å²) < 4.78 is 0. The van der Waals surface area contributed by atoms with Crippen LogP contribution in [0.5, 0.6) is 0 Å².